The Labute approximate surface area is 80.5 Å². The topological polar surface area (TPSA) is 12.0 Å². The van der Waals surface area contributed by atoms with E-state index in [4.69, 9.17) is 0 Å². The third kappa shape index (κ3) is 3.43. The minimum absolute atomic E-state index is 0.959. The van der Waals surface area contributed by atoms with Gasteiger partial charge in [0.1, 0.15) is 0 Å². The predicted octanol–water partition coefficient (Wildman–Crippen LogP) is 2.66. The third-order valence-corrected chi connectivity index (χ3v) is 2.10. The van der Waals surface area contributed by atoms with Gasteiger partial charge in [-0.25, -0.2) is 0 Å². The molecular formula is C12H17N. The SMILES string of the molecule is C=CCCNCc1ccccc1C. The van der Waals surface area contributed by atoms with Crippen molar-refractivity contribution in [3.05, 3.63) is 48.0 Å². The lowest BCUT2D eigenvalue weighted by atomic mass is 10.1. The second-order valence-electron chi connectivity index (χ2n) is 3.18. The van der Waals surface area contributed by atoms with Crippen molar-refractivity contribution in [2.75, 3.05) is 6.54 Å². The molecule has 0 bridgehead atoms. The van der Waals surface area contributed by atoms with Crippen LogP contribution in [-0.4, -0.2) is 6.54 Å². The van der Waals surface area contributed by atoms with Crippen LogP contribution in [0, 0.1) is 6.92 Å². The number of rotatable bonds is 5. The van der Waals surface area contributed by atoms with Crippen molar-refractivity contribution < 1.29 is 0 Å². The molecule has 0 saturated carbocycles. The van der Waals surface area contributed by atoms with E-state index in [2.05, 4.69) is 43.1 Å². The molecule has 70 valence electrons. The molecule has 0 aliphatic rings. The van der Waals surface area contributed by atoms with Gasteiger partial charge in [0.15, 0.2) is 0 Å². The molecule has 0 amide bonds. The molecule has 0 fully saturated rings. The van der Waals surface area contributed by atoms with Gasteiger partial charge in [0.25, 0.3) is 0 Å². The lowest BCUT2D eigenvalue weighted by Crippen LogP contribution is -2.14. The van der Waals surface area contributed by atoms with Crippen LogP contribution in [0.15, 0.2) is 36.9 Å². The fraction of sp³-hybridized carbons (Fsp3) is 0.333. The maximum atomic E-state index is 3.68. The van der Waals surface area contributed by atoms with Gasteiger partial charge < -0.3 is 5.32 Å². The summed E-state index contributed by atoms with van der Waals surface area (Å²) in [4.78, 5) is 0. The Morgan fingerprint density at radius 3 is 2.85 bits per heavy atom. The summed E-state index contributed by atoms with van der Waals surface area (Å²) >= 11 is 0. The predicted molar refractivity (Wildman–Crippen MR) is 57.7 cm³/mol. The van der Waals surface area contributed by atoms with Crippen molar-refractivity contribution >= 4 is 0 Å². The summed E-state index contributed by atoms with van der Waals surface area (Å²) in [6, 6.07) is 8.46. The van der Waals surface area contributed by atoms with E-state index in [9.17, 15) is 0 Å². The van der Waals surface area contributed by atoms with Crippen molar-refractivity contribution in [1.29, 1.82) is 0 Å². The Hall–Kier alpha value is -1.08. The summed E-state index contributed by atoms with van der Waals surface area (Å²) in [5.74, 6) is 0. The fourth-order valence-corrected chi connectivity index (χ4v) is 1.24. The summed E-state index contributed by atoms with van der Waals surface area (Å²) in [6.07, 6.45) is 2.97. The Bertz CT molecular complexity index is 266. The molecule has 1 N–H and O–H groups in total. The van der Waals surface area contributed by atoms with Gasteiger partial charge in [0.05, 0.1) is 0 Å². The molecule has 0 aromatic heterocycles. The van der Waals surface area contributed by atoms with E-state index < -0.39 is 0 Å². The van der Waals surface area contributed by atoms with E-state index in [1.165, 1.54) is 11.1 Å². The summed E-state index contributed by atoms with van der Waals surface area (Å²) < 4.78 is 0. The van der Waals surface area contributed by atoms with Gasteiger partial charge in [-0.1, -0.05) is 30.3 Å². The molecule has 0 radical (unpaired) electrons. The van der Waals surface area contributed by atoms with E-state index in [1.54, 1.807) is 0 Å². The first-order valence-electron chi connectivity index (χ1n) is 4.70. The molecule has 0 heterocycles. The Morgan fingerprint density at radius 2 is 2.15 bits per heavy atom. The van der Waals surface area contributed by atoms with Crippen LogP contribution in [0.3, 0.4) is 0 Å². The standard InChI is InChI=1S/C12H17N/c1-3-4-9-13-10-12-8-6-5-7-11(12)2/h3,5-8,13H,1,4,9-10H2,2H3. The van der Waals surface area contributed by atoms with Gasteiger partial charge in [0.2, 0.25) is 0 Å². The van der Waals surface area contributed by atoms with E-state index in [-0.39, 0.29) is 0 Å². The van der Waals surface area contributed by atoms with E-state index >= 15 is 0 Å². The lowest BCUT2D eigenvalue weighted by Gasteiger charge is -2.05. The van der Waals surface area contributed by atoms with Crippen LogP contribution < -0.4 is 5.32 Å². The molecular weight excluding hydrogens is 158 g/mol. The molecule has 0 atom stereocenters. The molecule has 1 aromatic rings. The maximum absolute atomic E-state index is 3.68. The molecule has 1 aromatic carbocycles. The van der Waals surface area contributed by atoms with Gasteiger partial charge in [-0.3, -0.25) is 0 Å². The van der Waals surface area contributed by atoms with Gasteiger partial charge in [-0.15, -0.1) is 6.58 Å². The largest absolute Gasteiger partial charge is 0.312 e. The summed E-state index contributed by atoms with van der Waals surface area (Å²) in [6.45, 7) is 7.80. The summed E-state index contributed by atoms with van der Waals surface area (Å²) in [5.41, 5.74) is 2.74. The highest BCUT2D eigenvalue weighted by Crippen LogP contribution is 2.05. The first-order chi connectivity index (χ1) is 6.34. The van der Waals surface area contributed by atoms with Crippen LogP contribution in [0.25, 0.3) is 0 Å². The smallest absolute Gasteiger partial charge is 0.0208 e. The normalized spacial score (nSPS) is 9.92. The van der Waals surface area contributed by atoms with Crippen molar-refractivity contribution in [2.24, 2.45) is 0 Å². The molecule has 0 unspecified atom stereocenters. The van der Waals surface area contributed by atoms with Crippen LogP contribution in [0.4, 0.5) is 0 Å². The van der Waals surface area contributed by atoms with Gasteiger partial charge >= 0.3 is 0 Å². The van der Waals surface area contributed by atoms with Crippen molar-refractivity contribution in [2.45, 2.75) is 19.9 Å². The molecule has 1 rings (SSSR count). The van der Waals surface area contributed by atoms with Crippen molar-refractivity contribution in [3.63, 3.8) is 0 Å². The number of hydrogen-bond donors (Lipinski definition) is 1. The molecule has 13 heavy (non-hydrogen) atoms. The Kier molecular flexibility index (Phi) is 4.27. The Morgan fingerprint density at radius 1 is 1.38 bits per heavy atom. The zero-order valence-corrected chi connectivity index (χ0v) is 8.22. The second kappa shape index (κ2) is 5.55. The fourth-order valence-electron chi connectivity index (χ4n) is 1.24. The van der Waals surface area contributed by atoms with E-state index in [1.807, 2.05) is 6.08 Å². The highest BCUT2D eigenvalue weighted by molar-refractivity contribution is 5.25. The van der Waals surface area contributed by atoms with Crippen molar-refractivity contribution in [3.8, 4) is 0 Å². The van der Waals surface area contributed by atoms with Crippen molar-refractivity contribution in [1.82, 2.24) is 5.32 Å². The van der Waals surface area contributed by atoms with Crippen LogP contribution in [-0.2, 0) is 6.54 Å². The average Bonchev–Trinajstić information content (AvgIpc) is 2.15. The Balaban J connectivity index is 2.36. The summed E-state index contributed by atoms with van der Waals surface area (Å²) in [7, 11) is 0. The lowest BCUT2D eigenvalue weighted by molar-refractivity contribution is 0.693. The van der Waals surface area contributed by atoms with E-state index in [0.29, 0.717) is 0 Å². The highest BCUT2D eigenvalue weighted by atomic mass is 14.8. The number of nitrogens with one attached hydrogen (secondary N) is 1. The zero-order valence-electron chi connectivity index (χ0n) is 8.22. The van der Waals surface area contributed by atoms with Crippen LogP contribution >= 0.6 is 0 Å². The monoisotopic (exact) mass is 175 g/mol. The number of hydrogen-bond acceptors (Lipinski definition) is 1. The van der Waals surface area contributed by atoms with Crippen LogP contribution in [0.1, 0.15) is 17.5 Å². The maximum Gasteiger partial charge on any atom is 0.0208 e. The first kappa shape index (κ1) is 10.0. The third-order valence-electron chi connectivity index (χ3n) is 2.10. The number of aryl methyl sites for hydroxylation is 1. The minimum atomic E-state index is 0.959. The van der Waals surface area contributed by atoms with E-state index in [0.717, 1.165) is 19.5 Å². The van der Waals surface area contributed by atoms with Gasteiger partial charge in [-0.05, 0) is 31.0 Å². The highest BCUT2D eigenvalue weighted by Gasteiger charge is 1.94. The minimum Gasteiger partial charge on any atom is -0.312 e. The first-order valence-corrected chi connectivity index (χ1v) is 4.70. The second-order valence-corrected chi connectivity index (χ2v) is 3.18. The van der Waals surface area contributed by atoms with Gasteiger partial charge in [0, 0.05) is 6.54 Å². The molecule has 0 spiro atoms. The number of benzene rings is 1. The summed E-state index contributed by atoms with van der Waals surface area (Å²) in [5, 5.41) is 3.37. The van der Waals surface area contributed by atoms with Crippen LogP contribution in [0.2, 0.25) is 0 Å². The molecule has 1 heteroatoms. The van der Waals surface area contributed by atoms with Gasteiger partial charge in [-0.2, -0.15) is 0 Å². The zero-order chi connectivity index (χ0) is 9.52. The molecule has 0 aliphatic carbocycles. The molecule has 1 nitrogen and oxygen atoms in total. The van der Waals surface area contributed by atoms with Crippen LogP contribution in [0.5, 0.6) is 0 Å². The quantitative estimate of drug-likeness (QED) is 0.536. The molecule has 0 saturated heterocycles. The molecule has 0 aliphatic heterocycles. The average molecular weight is 175 g/mol.